The molecule has 1 N–H and O–H groups in total. The molecule has 164 valence electrons. The van der Waals surface area contributed by atoms with E-state index in [1.165, 1.54) is 10.9 Å². The van der Waals surface area contributed by atoms with Gasteiger partial charge in [-0.05, 0) is 75.0 Å². The van der Waals surface area contributed by atoms with Crippen LogP contribution in [0.4, 0.5) is 0 Å². The zero-order chi connectivity index (χ0) is 21.8. The highest BCUT2D eigenvalue weighted by Gasteiger charge is 2.25. The molecule has 6 heteroatoms. The number of aromatic nitrogens is 2. The summed E-state index contributed by atoms with van der Waals surface area (Å²) < 4.78 is 8.12. The van der Waals surface area contributed by atoms with Crippen molar-refractivity contribution in [3.8, 4) is 5.75 Å². The largest absolute Gasteiger partial charge is 0.491 e. The van der Waals surface area contributed by atoms with E-state index in [4.69, 9.17) is 4.74 Å². The Hall–Kier alpha value is -2.86. The molecule has 1 aliphatic heterocycles. The number of fused-ring (bicyclic) bond motifs is 1. The average molecular weight is 422 g/mol. The number of rotatable bonds is 8. The number of aromatic carboxylic acids is 1. The highest BCUT2D eigenvalue weighted by atomic mass is 16.5. The summed E-state index contributed by atoms with van der Waals surface area (Å²) in [7, 11) is 0. The van der Waals surface area contributed by atoms with Crippen LogP contribution in [0.25, 0.3) is 11.0 Å². The normalized spacial score (nSPS) is 16.5. The van der Waals surface area contributed by atoms with Crippen molar-refractivity contribution in [2.24, 2.45) is 0 Å². The molecule has 0 saturated carbocycles. The summed E-state index contributed by atoms with van der Waals surface area (Å²) in [5.41, 5.74) is 2.74. The molecule has 1 fully saturated rings. The predicted molar refractivity (Wildman–Crippen MR) is 122 cm³/mol. The number of carboxylic acids is 1. The van der Waals surface area contributed by atoms with Crippen molar-refractivity contribution in [2.75, 3.05) is 26.2 Å². The van der Waals surface area contributed by atoms with E-state index < -0.39 is 5.97 Å². The van der Waals surface area contributed by atoms with Crippen LogP contribution in [0.2, 0.25) is 0 Å². The lowest BCUT2D eigenvalue weighted by Gasteiger charge is -2.31. The van der Waals surface area contributed by atoms with Gasteiger partial charge in [0, 0.05) is 30.4 Å². The molecule has 0 radical (unpaired) electrons. The second-order valence-electron chi connectivity index (χ2n) is 8.39. The summed E-state index contributed by atoms with van der Waals surface area (Å²) in [6.07, 6.45) is 7.53. The molecule has 0 aliphatic carbocycles. The molecule has 0 amide bonds. The fraction of sp³-hybridized carbons (Fsp3) is 0.440. The van der Waals surface area contributed by atoms with Crippen molar-refractivity contribution in [1.29, 1.82) is 0 Å². The number of likely N-dealkylation sites (tertiary alicyclic amines) is 1. The molecule has 1 unspecified atom stereocenters. The SMILES string of the molecule is CCC(C)n1cc(C2CCN(CCOc3ccccc3C(=O)O)CC2)c2cccnc21. The van der Waals surface area contributed by atoms with Crippen LogP contribution in [0.15, 0.2) is 48.8 Å². The Bertz CT molecular complexity index is 1040. The van der Waals surface area contributed by atoms with E-state index >= 15 is 0 Å². The number of carboxylic acid groups (broad SMARTS) is 1. The first kappa shape index (κ1) is 21.4. The number of hydrogen-bond donors (Lipinski definition) is 1. The maximum absolute atomic E-state index is 11.3. The highest BCUT2D eigenvalue weighted by molar-refractivity contribution is 5.90. The van der Waals surface area contributed by atoms with Gasteiger partial charge in [0.25, 0.3) is 0 Å². The lowest BCUT2D eigenvalue weighted by atomic mass is 9.89. The van der Waals surface area contributed by atoms with E-state index in [-0.39, 0.29) is 5.56 Å². The zero-order valence-electron chi connectivity index (χ0n) is 18.3. The molecule has 2 aromatic heterocycles. The van der Waals surface area contributed by atoms with Gasteiger partial charge in [0.2, 0.25) is 0 Å². The van der Waals surface area contributed by atoms with Crippen molar-refractivity contribution in [2.45, 2.75) is 45.1 Å². The van der Waals surface area contributed by atoms with E-state index in [1.807, 2.05) is 12.3 Å². The molecule has 0 spiro atoms. The lowest BCUT2D eigenvalue weighted by Crippen LogP contribution is -2.35. The first-order chi connectivity index (χ1) is 15.1. The van der Waals surface area contributed by atoms with E-state index in [0.29, 0.717) is 24.3 Å². The molecule has 0 bridgehead atoms. The zero-order valence-corrected chi connectivity index (χ0v) is 18.3. The van der Waals surface area contributed by atoms with Crippen molar-refractivity contribution in [1.82, 2.24) is 14.5 Å². The summed E-state index contributed by atoms with van der Waals surface area (Å²) in [6.45, 7) is 7.80. The molecule has 4 rings (SSSR count). The maximum atomic E-state index is 11.3. The number of nitrogens with zero attached hydrogens (tertiary/aromatic N) is 3. The van der Waals surface area contributed by atoms with Crippen LogP contribution in [0.5, 0.6) is 5.75 Å². The van der Waals surface area contributed by atoms with Crippen LogP contribution in [0.3, 0.4) is 0 Å². The smallest absolute Gasteiger partial charge is 0.339 e. The molecule has 1 atom stereocenters. The standard InChI is InChI=1S/C25H31N3O3/c1-3-18(2)28-17-22(20-8-6-12-26-24(20)28)19-10-13-27(14-11-19)15-16-31-23-9-5-4-7-21(23)25(29)30/h4-9,12,17-19H,3,10-11,13-16H2,1-2H3,(H,29,30). The Balaban J connectivity index is 1.36. The van der Waals surface area contributed by atoms with Crippen LogP contribution in [-0.4, -0.2) is 51.8 Å². The first-order valence-electron chi connectivity index (χ1n) is 11.2. The minimum absolute atomic E-state index is 0.215. The van der Waals surface area contributed by atoms with Crippen molar-refractivity contribution in [3.63, 3.8) is 0 Å². The lowest BCUT2D eigenvalue weighted by molar-refractivity contribution is 0.0691. The fourth-order valence-electron chi connectivity index (χ4n) is 4.49. The van der Waals surface area contributed by atoms with Crippen molar-refractivity contribution in [3.05, 3.63) is 59.9 Å². The molecular weight excluding hydrogens is 390 g/mol. The summed E-state index contributed by atoms with van der Waals surface area (Å²) in [5, 5.41) is 10.6. The minimum Gasteiger partial charge on any atom is -0.491 e. The van der Waals surface area contributed by atoms with Crippen LogP contribution < -0.4 is 4.74 Å². The number of carbonyl (C=O) groups is 1. The van der Waals surface area contributed by atoms with E-state index in [1.54, 1.807) is 24.3 Å². The summed E-state index contributed by atoms with van der Waals surface area (Å²) in [6, 6.07) is 11.5. The molecule has 31 heavy (non-hydrogen) atoms. The number of pyridine rings is 1. The van der Waals surface area contributed by atoms with Gasteiger partial charge in [-0.15, -0.1) is 0 Å². The quantitative estimate of drug-likeness (QED) is 0.557. The fourth-order valence-corrected chi connectivity index (χ4v) is 4.49. The van der Waals surface area contributed by atoms with Gasteiger partial charge in [-0.2, -0.15) is 0 Å². The van der Waals surface area contributed by atoms with Gasteiger partial charge >= 0.3 is 5.97 Å². The Labute approximate surface area is 183 Å². The molecule has 1 aliphatic rings. The maximum Gasteiger partial charge on any atom is 0.339 e. The number of ether oxygens (including phenoxy) is 1. The molecule has 3 aromatic rings. The van der Waals surface area contributed by atoms with Crippen LogP contribution in [-0.2, 0) is 0 Å². The van der Waals surface area contributed by atoms with Crippen molar-refractivity contribution >= 4 is 17.0 Å². The van der Waals surface area contributed by atoms with Gasteiger partial charge < -0.3 is 14.4 Å². The third-order valence-corrected chi connectivity index (χ3v) is 6.50. The molecule has 3 heterocycles. The second kappa shape index (κ2) is 9.52. The minimum atomic E-state index is -0.956. The number of hydrogen-bond acceptors (Lipinski definition) is 4. The Morgan fingerprint density at radius 1 is 1.23 bits per heavy atom. The van der Waals surface area contributed by atoms with E-state index in [2.05, 4.69) is 40.6 Å². The molecular formula is C25H31N3O3. The van der Waals surface area contributed by atoms with Gasteiger partial charge in [0.1, 0.15) is 23.6 Å². The number of benzene rings is 1. The van der Waals surface area contributed by atoms with Crippen LogP contribution >= 0.6 is 0 Å². The third kappa shape index (κ3) is 4.59. The Morgan fingerprint density at radius 3 is 2.74 bits per heavy atom. The highest BCUT2D eigenvalue weighted by Crippen LogP contribution is 2.35. The van der Waals surface area contributed by atoms with Gasteiger partial charge in [-0.3, -0.25) is 4.90 Å². The number of para-hydroxylation sites is 1. The molecule has 1 saturated heterocycles. The topological polar surface area (TPSA) is 67.6 Å². The first-order valence-corrected chi connectivity index (χ1v) is 11.2. The Morgan fingerprint density at radius 2 is 2.00 bits per heavy atom. The summed E-state index contributed by atoms with van der Waals surface area (Å²) in [5.74, 6) is 0.0274. The van der Waals surface area contributed by atoms with E-state index in [9.17, 15) is 9.90 Å². The predicted octanol–water partition coefficient (Wildman–Crippen LogP) is 4.96. The van der Waals surface area contributed by atoms with Crippen molar-refractivity contribution < 1.29 is 14.6 Å². The third-order valence-electron chi connectivity index (χ3n) is 6.50. The van der Waals surface area contributed by atoms with Gasteiger partial charge in [0.05, 0.1) is 0 Å². The molecule has 1 aromatic carbocycles. The second-order valence-corrected chi connectivity index (χ2v) is 8.39. The van der Waals surface area contributed by atoms with Crippen LogP contribution in [0, 0.1) is 0 Å². The van der Waals surface area contributed by atoms with Gasteiger partial charge in [-0.1, -0.05) is 19.1 Å². The van der Waals surface area contributed by atoms with Gasteiger partial charge in [-0.25, -0.2) is 9.78 Å². The monoisotopic (exact) mass is 421 g/mol. The van der Waals surface area contributed by atoms with Gasteiger partial charge in [0.15, 0.2) is 0 Å². The number of piperidine rings is 1. The summed E-state index contributed by atoms with van der Waals surface area (Å²) in [4.78, 5) is 18.4. The van der Waals surface area contributed by atoms with Crippen LogP contribution in [0.1, 0.15) is 61.0 Å². The average Bonchev–Trinajstić information content (AvgIpc) is 3.19. The molecule has 6 nitrogen and oxygen atoms in total. The van der Waals surface area contributed by atoms with E-state index in [0.717, 1.165) is 44.5 Å². The summed E-state index contributed by atoms with van der Waals surface area (Å²) >= 11 is 0. The Kier molecular flexibility index (Phi) is 6.56.